The first kappa shape index (κ1) is 14.4. The number of hydrogen-bond donors (Lipinski definition) is 1. The minimum absolute atomic E-state index is 0.424. The molecule has 1 aliphatic carbocycles. The van der Waals surface area contributed by atoms with Crippen molar-refractivity contribution in [1.82, 2.24) is 9.03 Å². The molecule has 17 heavy (non-hydrogen) atoms. The third kappa shape index (κ3) is 3.41. The Hall–Kier alpha value is -0.640. The molecule has 1 rings (SSSR count). The van der Waals surface area contributed by atoms with E-state index in [1.165, 1.54) is 4.31 Å². The summed E-state index contributed by atoms with van der Waals surface area (Å²) < 4.78 is 28.1. The Morgan fingerprint density at radius 3 is 2.18 bits per heavy atom. The van der Waals surface area contributed by atoms with Gasteiger partial charge in [0.15, 0.2) is 0 Å². The van der Waals surface area contributed by atoms with Gasteiger partial charge in [-0.2, -0.15) is 22.7 Å². The highest BCUT2D eigenvalue weighted by atomic mass is 32.2. The zero-order valence-corrected chi connectivity index (χ0v) is 11.4. The molecular weight excluding hydrogens is 238 g/mol. The number of nitrogens with one attached hydrogen (secondary N) is 1. The van der Waals surface area contributed by atoms with E-state index in [0.29, 0.717) is 25.9 Å². The lowest BCUT2D eigenvalue weighted by Gasteiger charge is -2.33. The molecule has 0 atom stereocenters. The van der Waals surface area contributed by atoms with Gasteiger partial charge in [0.2, 0.25) is 0 Å². The van der Waals surface area contributed by atoms with Gasteiger partial charge < -0.3 is 0 Å². The number of hydrogen-bond acceptors (Lipinski definition) is 3. The van der Waals surface area contributed by atoms with Crippen molar-refractivity contribution in [2.45, 2.75) is 51.5 Å². The second kappa shape index (κ2) is 5.80. The van der Waals surface area contributed by atoms with E-state index in [1.54, 1.807) is 13.8 Å². The quantitative estimate of drug-likeness (QED) is 0.811. The maximum atomic E-state index is 12.1. The van der Waals surface area contributed by atoms with E-state index in [0.717, 1.165) is 19.3 Å². The summed E-state index contributed by atoms with van der Waals surface area (Å²) in [6, 6.07) is 2.16. The maximum absolute atomic E-state index is 12.1. The van der Waals surface area contributed by atoms with Crippen LogP contribution < -0.4 is 4.72 Å². The van der Waals surface area contributed by atoms with Gasteiger partial charge in [0, 0.05) is 13.1 Å². The summed E-state index contributed by atoms with van der Waals surface area (Å²) >= 11 is 0. The molecule has 6 heteroatoms. The summed E-state index contributed by atoms with van der Waals surface area (Å²) in [4.78, 5) is 0. The van der Waals surface area contributed by atoms with Gasteiger partial charge in [0.25, 0.3) is 10.2 Å². The molecule has 0 aromatic heterocycles. The molecule has 98 valence electrons. The fraction of sp³-hybridized carbons (Fsp3) is 0.909. The topological polar surface area (TPSA) is 73.2 Å². The molecule has 5 nitrogen and oxygen atoms in total. The molecule has 0 spiro atoms. The van der Waals surface area contributed by atoms with E-state index in [-0.39, 0.29) is 0 Å². The predicted molar refractivity (Wildman–Crippen MR) is 66.4 cm³/mol. The van der Waals surface area contributed by atoms with Gasteiger partial charge in [-0.15, -0.1) is 0 Å². The second-order valence-electron chi connectivity index (χ2n) is 4.45. The van der Waals surface area contributed by atoms with Crippen molar-refractivity contribution in [3.8, 4) is 6.07 Å². The van der Waals surface area contributed by atoms with Crippen molar-refractivity contribution in [2.75, 3.05) is 13.1 Å². The van der Waals surface area contributed by atoms with Crippen LogP contribution in [-0.4, -0.2) is 31.4 Å². The van der Waals surface area contributed by atoms with Crippen LogP contribution in [0.5, 0.6) is 0 Å². The Morgan fingerprint density at radius 2 is 1.76 bits per heavy atom. The molecule has 1 saturated carbocycles. The van der Waals surface area contributed by atoms with Crippen LogP contribution in [0, 0.1) is 11.3 Å². The van der Waals surface area contributed by atoms with Crippen LogP contribution in [0.4, 0.5) is 0 Å². The summed E-state index contributed by atoms with van der Waals surface area (Å²) in [7, 11) is -3.53. The van der Waals surface area contributed by atoms with E-state index in [2.05, 4.69) is 10.8 Å². The zero-order valence-electron chi connectivity index (χ0n) is 10.6. The molecule has 0 bridgehead atoms. The van der Waals surface area contributed by atoms with Gasteiger partial charge in [-0.3, -0.25) is 0 Å². The van der Waals surface area contributed by atoms with Gasteiger partial charge in [-0.25, -0.2) is 0 Å². The number of rotatable bonds is 5. The van der Waals surface area contributed by atoms with Crippen LogP contribution in [0.3, 0.4) is 0 Å². The summed E-state index contributed by atoms with van der Waals surface area (Å²) in [6.07, 6.45) is 4.13. The van der Waals surface area contributed by atoms with Crippen molar-refractivity contribution in [3.05, 3.63) is 0 Å². The highest BCUT2D eigenvalue weighted by Gasteiger charge is 2.37. The third-order valence-corrected chi connectivity index (χ3v) is 5.14. The van der Waals surface area contributed by atoms with E-state index < -0.39 is 15.7 Å². The smallest absolute Gasteiger partial charge is 0.196 e. The summed E-state index contributed by atoms with van der Waals surface area (Å²) in [5.41, 5.74) is -0.889. The summed E-state index contributed by atoms with van der Waals surface area (Å²) in [5, 5.41) is 9.24. The van der Waals surface area contributed by atoms with Crippen LogP contribution in [-0.2, 0) is 10.2 Å². The molecular formula is C11H21N3O2S. The molecule has 0 radical (unpaired) electrons. The number of nitrogens with zero attached hydrogens (tertiary/aromatic N) is 2. The van der Waals surface area contributed by atoms with Gasteiger partial charge in [-0.1, -0.05) is 33.1 Å². The minimum Gasteiger partial charge on any atom is -0.196 e. The Balaban J connectivity index is 2.84. The molecule has 0 aliphatic heterocycles. The maximum Gasteiger partial charge on any atom is 0.280 e. The van der Waals surface area contributed by atoms with Crippen LogP contribution in [0.1, 0.15) is 46.0 Å². The molecule has 0 aromatic rings. The van der Waals surface area contributed by atoms with Gasteiger partial charge in [-0.05, 0) is 12.8 Å². The monoisotopic (exact) mass is 259 g/mol. The Labute approximate surface area is 104 Å². The Bertz CT molecular complexity index is 376. The van der Waals surface area contributed by atoms with Crippen molar-refractivity contribution < 1.29 is 8.42 Å². The predicted octanol–water partition coefficient (Wildman–Crippen LogP) is 1.39. The molecule has 0 saturated heterocycles. The van der Waals surface area contributed by atoms with Gasteiger partial charge >= 0.3 is 0 Å². The highest BCUT2D eigenvalue weighted by Crippen LogP contribution is 2.28. The number of nitriles is 1. The lowest BCUT2D eigenvalue weighted by Crippen LogP contribution is -2.53. The molecule has 1 fully saturated rings. The van der Waals surface area contributed by atoms with Crippen molar-refractivity contribution in [2.24, 2.45) is 0 Å². The highest BCUT2D eigenvalue weighted by molar-refractivity contribution is 7.87. The van der Waals surface area contributed by atoms with E-state index >= 15 is 0 Å². The van der Waals surface area contributed by atoms with Crippen LogP contribution in [0.25, 0.3) is 0 Å². The fourth-order valence-electron chi connectivity index (χ4n) is 2.27. The van der Waals surface area contributed by atoms with Crippen molar-refractivity contribution in [3.63, 3.8) is 0 Å². The standard InChI is InChI=1S/C11H21N3O2S/c1-3-14(4-2)17(15,16)13-11(10-12)8-6-5-7-9-11/h13H,3-9H2,1-2H3. The Kier molecular flexibility index (Phi) is 4.92. The molecule has 0 unspecified atom stereocenters. The van der Waals surface area contributed by atoms with Crippen LogP contribution in [0.2, 0.25) is 0 Å². The first-order chi connectivity index (χ1) is 7.99. The summed E-state index contributed by atoms with van der Waals surface area (Å²) in [6.45, 7) is 4.44. The van der Waals surface area contributed by atoms with E-state index in [9.17, 15) is 13.7 Å². The van der Waals surface area contributed by atoms with E-state index in [1.807, 2.05) is 0 Å². The normalized spacial score (nSPS) is 20.1. The van der Waals surface area contributed by atoms with E-state index in [4.69, 9.17) is 0 Å². The van der Waals surface area contributed by atoms with Crippen molar-refractivity contribution >= 4 is 10.2 Å². The molecule has 0 heterocycles. The second-order valence-corrected chi connectivity index (χ2v) is 6.12. The lowest BCUT2D eigenvalue weighted by molar-refractivity contribution is 0.324. The first-order valence-corrected chi connectivity index (χ1v) is 7.64. The molecule has 1 N–H and O–H groups in total. The zero-order chi connectivity index (χ0) is 12.9. The van der Waals surface area contributed by atoms with Crippen molar-refractivity contribution in [1.29, 1.82) is 5.26 Å². The first-order valence-electron chi connectivity index (χ1n) is 6.20. The third-order valence-electron chi connectivity index (χ3n) is 3.29. The fourth-order valence-corrected chi connectivity index (χ4v) is 3.82. The molecule has 0 amide bonds. The minimum atomic E-state index is -3.53. The average Bonchev–Trinajstić information content (AvgIpc) is 2.30. The Morgan fingerprint density at radius 1 is 1.24 bits per heavy atom. The average molecular weight is 259 g/mol. The molecule has 1 aliphatic rings. The SMILES string of the molecule is CCN(CC)S(=O)(=O)NC1(C#N)CCCCC1. The van der Waals surface area contributed by atoms with Crippen LogP contribution >= 0.6 is 0 Å². The molecule has 0 aromatic carbocycles. The van der Waals surface area contributed by atoms with Gasteiger partial charge in [0.05, 0.1) is 6.07 Å². The van der Waals surface area contributed by atoms with Gasteiger partial charge in [0.1, 0.15) is 5.54 Å². The lowest BCUT2D eigenvalue weighted by atomic mass is 9.84. The summed E-state index contributed by atoms with van der Waals surface area (Å²) in [5.74, 6) is 0. The van der Waals surface area contributed by atoms with Crippen LogP contribution in [0.15, 0.2) is 0 Å². The largest absolute Gasteiger partial charge is 0.280 e.